The third-order valence-corrected chi connectivity index (χ3v) is 4.09. The Hall–Kier alpha value is -3.55. The molecule has 1 heterocycles. The number of nitrogens with zero attached hydrogens (tertiary/aromatic N) is 1. The summed E-state index contributed by atoms with van der Waals surface area (Å²) in [5, 5.41) is 8.45. The Morgan fingerprint density at radius 1 is 1.00 bits per heavy atom. The highest BCUT2D eigenvalue weighted by Crippen LogP contribution is 2.18. The van der Waals surface area contributed by atoms with E-state index in [0.717, 1.165) is 17.2 Å². The van der Waals surface area contributed by atoms with Crippen LogP contribution in [0.2, 0.25) is 0 Å². The quantitative estimate of drug-likeness (QED) is 0.668. The standard InChI is InChI=1S/C21H24N4O4/c1-3-28-16-9-5-14(6-10-16)22-20(27)18-13-19(26)25-21(24-18)23-15-7-11-17(12-8-15)29-4-2/h5-12,18H,3-4,13H2,1-2H3,(H,22,27)(H2,23,24,25,26)/t18-/m0/s1. The van der Waals surface area contributed by atoms with Gasteiger partial charge in [0.2, 0.25) is 17.8 Å². The molecule has 0 aliphatic carbocycles. The van der Waals surface area contributed by atoms with E-state index in [9.17, 15) is 9.59 Å². The normalized spacial score (nSPS) is 15.7. The Kier molecular flexibility index (Phi) is 6.67. The number of aliphatic imine (C=N–C) groups is 1. The second-order valence-electron chi connectivity index (χ2n) is 6.27. The highest BCUT2D eigenvalue weighted by Gasteiger charge is 2.27. The van der Waals surface area contributed by atoms with Crippen molar-refractivity contribution in [3.05, 3.63) is 48.5 Å². The molecule has 2 aromatic rings. The fourth-order valence-corrected chi connectivity index (χ4v) is 2.77. The van der Waals surface area contributed by atoms with E-state index in [2.05, 4.69) is 20.9 Å². The minimum Gasteiger partial charge on any atom is -0.494 e. The summed E-state index contributed by atoms with van der Waals surface area (Å²) in [6.45, 7) is 4.97. The Labute approximate surface area is 169 Å². The molecule has 0 saturated carbocycles. The molecule has 2 aromatic carbocycles. The van der Waals surface area contributed by atoms with Crippen LogP contribution in [-0.4, -0.2) is 37.0 Å². The molecular formula is C21H24N4O4. The highest BCUT2D eigenvalue weighted by atomic mass is 16.5. The first-order valence-electron chi connectivity index (χ1n) is 9.48. The number of anilines is 2. The van der Waals surface area contributed by atoms with Crippen LogP contribution in [0.1, 0.15) is 20.3 Å². The number of carbonyl (C=O) groups excluding carboxylic acids is 2. The smallest absolute Gasteiger partial charge is 0.249 e. The van der Waals surface area contributed by atoms with Crippen LogP contribution in [0, 0.1) is 0 Å². The number of rotatable bonds is 7. The lowest BCUT2D eigenvalue weighted by Gasteiger charge is -2.21. The number of guanidine groups is 1. The largest absolute Gasteiger partial charge is 0.494 e. The topological polar surface area (TPSA) is 101 Å². The van der Waals surface area contributed by atoms with Gasteiger partial charge in [-0.3, -0.25) is 14.9 Å². The molecule has 0 bridgehead atoms. The summed E-state index contributed by atoms with van der Waals surface area (Å²) in [4.78, 5) is 28.9. The minimum atomic E-state index is -0.819. The van der Waals surface area contributed by atoms with Gasteiger partial charge in [0.05, 0.1) is 19.6 Å². The van der Waals surface area contributed by atoms with Gasteiger partial charge < -0.3 is 20.1 Å². The van der Waals surface area contributed by atoms with E-state index in [1.807, 2.05) is 38.1 Å². The SMILES string of the molecule is CCOc1ccc(NC(=O)[C@@H]2CC(=O)NC(Nc3ccc(OCC)cc3)=N2)cc1. The van der Waals surface area contributed by atoms with Gasteiger partial charge >= 0.3 is 0 Å². The van der Waals surface area contributed by atoms with Crippen LogP contribution in [0.4, 0.5) is 11.4 Å². The monoisotopic (exact) mass is 396 g/mol. The molecule has 2 amide bonds. The zero-order valence-electron chi connectivity index (χ0n) is 16.4. The van der Waals surface area contributed by atoms with Crippen LogP contribution in [0.3, 0.4) is 0 Å². The van der Waals surface area contributed by atoms with Crippen molar-refractivity contribution < 1.29 is 19.1 Å². The second kappa shape index (κ2) is 9.59. The summed E-state index contributed by atoms with van der Waals surface area (Å²) in [6, 6.07) is 13.5. The van der Waals surface area contributed by atoms with Crippen molar-refractivity contribution in [2.75, 3.05) is 23.8 Å². The van der Waals surface area contributed by atoms with Gasteiger partial charge in [-0.1, -0.05) is 0 Å². The molecule has 8 nitrogen and oxygen atoms in total. The van der Waals surface area contributed by atoms with Crippen molar-refractivity contribution in [3.8, 4) is 11.5 Å². The molecule has 0 unspecified atom stereocenters. The number of ether oxygens (including phenoxy) is 2. The summed E-state index contributed by atoms with van der Waals surface area (Å²) in [5.74, 6) is 1.08. The molecule has 3 N–H and O–H groups in total. The average molecular weight is 396 g/mol. The van der Waals surface area contributed by atoms with Crippen molar-refractivity contribution in [3.63, 3.8) is 0 Å². The number of hydrogen-bond acceptors (Lipinski definition) is 6. The first-order chi connectivity index (χ1) is 14.1. The molecule has 0 saturated heterocycles. The van der Waals surface area contributed by atoms with Crippen LogP contribution in [0.5, 0.6) is 11.5 Å². The van der Waals surface area contributed by atoms with E-state index in [-0.39, 0.29) is 24.2 Å². The van der Waals surface area contributed by atoms with Crippen molar-refractivity contribution >= 4 is 29.1 Å². The molecule has 0 radical (unpaired) electrons. The van der Waals surface area contributed by atoms with Crippen molar-refractivity contribution in [1.82, 2.24) is 5.32 Å². The molecule has 8 heteroatoms. The van der Waals surface area contributed by atoms with Gasteiger partial charge in [-0.2, -0.15) is 0 Å². The van der Waals surface area contributed by atoms with Gasteiger partial charge in [0, 0.05) is 11.4 Å². The van der Waals surface area contributed by atoms with Gasteiger partial charge in [-0.05, 0) is 62.4 Å². The van der Waals surface area contributed by atoms with E-state index in [4.69, 9.17) is 9.47 Å². The molecule has 152 valence electrons. The van der Waals surface area contributed by atoms with Crippen LogP contribution < -0.4 is 25.4 Å². The molecule has 1 aliphatic rings. The summed E-state index contributed by atoms with van der Waals surface area (Å²) >= 11 is 0. The minimum absolute atomic E-state index is 0.0165. The summed E-state index contributed by atoms with van der Waals surface area (Å²) < 4.78 is 10.8. The second-order valence-corrected chi connectivity index (χ2v) is 6.27. The fraction of sp³-hybridized carbons (Fsp3) is 0.286. The molecule has 3 rings (SSSR count). The number of amides is 2. The predicted octanol–water partition coefficient (Wildman–Crippen LogP) is 2.78. The predicted molar refractivity (Wildman–Crippen MR) is 111 cm³/mol. The lowest BCUT2D eigenvalue weighted by Crippen LogP contribution is -2.45. The maximum absolute atomic E-state index is 12.6. The van der Waals surface area contributed by atoms with Gasteiger partial charge in [0.15, 0.2) is 0 Å². The number of nitrogens with one attached hydrogen (secondary N) is 3. The molecule has 29 heavy (non-hydrogen) atoms. The van der Waals surface area contributed by atoms with Crippen molar-refractivity contribution in [2.45, 2.75) is 26.3 Å². The molecule has 1 aliphatic heterocycles. The highest BCUT2D eigenvalue weighted by molar-refractivity contribution is 6.10. The summed E-state index contributed by atoms with van der Waals surface area (Å²) in [7, 11) is 0. The summed E-state index contributed by atoms with van der Waals surface area (Å²) in [6.07, 6.45) is -0.0165. The first-order valence-corrected chi connectivity index (χ1v) is 9.48. The molecular weight excluding hydrogens is 372 g/mol. The van der Waals surface area contributed by atoms with E-state index in [0.29, 0.717) is 18.9 Å². The third-order valence-electron chi connectivity index (χ3n) is 4.09. The fourth-order valence-electron chi connectivity index (χ4n) is 2.77. The lowest BCUT2D eigenvalue weighted by atomic mass is 10.1. The average Bonchev–Trinajstić information content (AvgIpc) is 2.71. The maximum atomic E-state index is 12.6. The van der Waals surface area contributed by atoms with Crippen molar-refractivity contribution in [2.24, 2.45) is 4.99 Å². The van der Waals surface area contributed by atoms with E-state index < -0.39 is 6.04 Å². The van der Waals surface area contributed by atoms with E-state index in [1.54, 1.807) is 24.3 Å². The Bertz CT molecular complexity index is 879. The van der Waals surface area contributed by atoms with Crippen LogP contribution in [0.15, 0.2) is 53.5 Å². The molecule has 0 spiro atoms. The number of hydrogen-bond donors (Lipinski definition) is 3. The third kappa shape index (κ3) is 5.71. The first kappa shape index (κ1) is 20.2. The summed E-state index contributed by atoms with van der Waals surface area (Å²) in [5.41, 5.74) is 1.33. The van der Waals surface area contributed by atoms with Gasteiger partial charge in [0.1, 0.15) is 17.5 Å². The Balaban J connectivity index is 1.65. The zero-order chi connectivity index (χ0) is 20.6. The van der Waals surface area contributed by atoms with E-state index in [1.165, 1.54) is 0 Å². The lowest BCUT2D eigenvalue weighted by molar-refractivity contribution is -0.124. The zero-order valence-corrected chi connectivity index (χ0v) is 16.4. The molecule has 1 atom stereocenters. The molecule has 0 aromatic heterocycles. The van der Waals surface area contributed by atoms with Crippen LogP contribution in [-0.2, 0) is 9.59 Å². The number of carbonyl (C=O) groups is 2. The van der Waals surface area contributed by atoms with Crippen LogP contribution in [0.25, 0.3) is 0 Å². The van der Waals surface area contributed by atoms with Gasteiger partial charge in [-0.15, -0.1) is 0 Å². The maximum Gasteiger partial charge on any atom is 0.249 e. The Morgan fingerprint density at radius 3 is 2.10 bits per heavy atom. The Morgan fingerprint density at radius 2 is 1.55 bits per heavy atom. The van der Waals surface area contributed by atoms with Crippen molar-refractivity contribution in [1.29, 1.82) is 0 Å². The van der Waals surface area contributed by atoms with Gasteiger partial charge in [-0.25, -0.2) is 4.99 Å². The molecule has 0 fully saturated rings. The van der Waals surface area contributed by atoms with Crippen LogP contribution >= 0.6 is 0 Å². The number of benzene rings is 2. The van der Waals surface area contributed by atoms with E-state index >= 15 is 0 Å². The van der Waals surface area contributed by atoms with Gasteiger partial charge in [0.25, 0.3) is 0 Å².